The number of halogens is 1. The molecular formula is C25H26FN5O4. The van der Waals surface area contributed by atoms with Crippen LogP contribution in [0, 0.1) is 5.92 Å². The van der Waals surface area contributed by atoms with Crippen molar-refractivity contribution < 1.29 is 23.5 Å². The van der Waals surface area contributed by atoms with Crippen molar-refractivity contribution in [3.8, 4) is 5.75 Å². The summed E-state index contributed by atoms with van der Waals surface area (Å²) in [5.41, 5.74) is 1.14. The van der Waals surface area contributed by atoms with Gasteiger partial charge in [0.25, 0.3) is 11.8 Å². The fourth-order valence-electron chi connectivity index (χ4n) is 4.57. The van der Waals surface area contributed by atoms with Gasteiger partial charge in [0.05, 0.1) is 12.6 Å². The minimum Gasteiger partial charge on any atom is -0.426 e. The van der Waals surface area contributed by atoms with E-state index >= 15 is 0 Å². The average Bonchev–Trinajstić information content (AvgIpc) is 3.46. The van der Waals surface area contributed by atoms with Crippen molar-refractivity contribution in [1.82, 2.24) is 25.2 Å². The van der Waals surface area contributed by atoms with Crippen LogP contribution in [-0.2, 0) is 17.8 Å². The molecule has 0 bridgehead atoms. The zero-order valence-corrected chi connectivity index (χ0v) is 19.3. The van der Waals surface area contributed by atoms with Crippen molar-refractivity contribution in [2.24, 2.45) is 5.92 Å². The van der Waals surface area contributed by atoms with E-state index in [1.165, 1.54) is 16.8 Å². The van der Waals surface area contributed by atoms with Gasteiger partial charge in [-0.15, -0.1) is 0 Å². The SMILES string of the molecule is CC1(F)CCC(CNC(=O)c2cc(C(=O)NCc3ccc4c(c3)CC(=O)O4)nc3ccnn23)CC1. The van der Waals surface area contributed by atoms with E-state index in [-0.39, 0.29) is 42.1 Å². The molecule has 1 aliphatic carbocycles. The molecule has 2 aliphatic rings. The minimum absolute atomic E-state index is 0.0914. The normalized spacial score (nSPS) is 21.4. The lowest BCUT2D eigenvalue weighted by atomic mass is 9.81. The number of nitrogens with zero attached hydrogens (tertiary/aromatic N) is 3. The van der Waals surface area contributed by atoms with Gasteiger partial charge in [-0.05, 0) is 56.2 Å². The number of benzene rings is 1. The van der Waals surface area contributed by atoms with Gasteiger partial charge < -0.3 is 15.4 Å². The Hall–Kier alpha value is -3.82. The van der Waals surface area contributed by atoms with Gasteiger partial charge in [-0.2, -0.15) is 5.10 Å². The number of nitrogens with one attached hydrogen (secondary N) is 2. The first-order valence-electron chi connectivity index (χ1n) is 11.7. The number of esters is 1. The number of carbonyl (C=O) groups excluding carboxylic acids is 3. The van der Waals surface area contributed by atoms with E-state index in [2.05, 4.69) is 20.7 Å². The predicted molar refractivity (Wildman–Crippen MR) is 124 cm³/mol. The minimum atomic E-state index is -1.12. The predicted octanol–water partition coefficient (Wildman–Crippen LogP) is 2.77. The van der Waals surface area contributed by atoms with Crippen LogP contribution >= 0.6 is 0 Å². The molecule has 0 atom stereocenters. The molecule has 2 amide bonds. The summed E-state index contributed by atoms with van der Waals surface area (Å²) in [5, 5.41) is 9.88. The summed E-state index contributed by atoms with van der Waals surface area (Å²) < 4.78 is 20.5. The van der Waals surface area contributed by atoms with E-state index < -0.39 is 11.6 Å². The third kappa shape index (κ3) is 5.01. The van der Waals surface area contributed by atoms with Crippen LogP contribution in [0.1, 0.15) is 64.7 Å². The maximum atomic E-state index is 14.0. The third-order valence-corrected chi connectivity index (χ3v) is 6.66. The lowest BCUT2D eigenvalue weighted by molar-refractivity contribution is -0.131. The van der Waals surface area contributed by atoms with E-state index in [9.17, 15) is 18.8 Å². The van der Waals surface area contributed by atoms with Crippen LogP contribution in [0.25, 0.3) is 5.65 Å². The van der Waals surface area contributed by atoms with Gasteiger partial charge in [-0.3, -0.25) is 14.4 Å². The first-order chi connectivity index (χ1) is 16.8. The molecule has 182 valence electrons. The highest BCUT2D eigenvalue weighted by Gasteiger charge is 2.31. The summed E-state index contributed by atoms with van der Waals surface area (Å²) >= 11 is 0. The van der Waals surface area contributed by atoms with E-state index in [1.807, 2.05) is 6.07 Å². The molecule has 2 aromatic heterocycles. The van der Waals surface area contributed by atoms with Crippen molar-refractivity contribution in [2.45, 2.75) is 51.2 Å². The van der Waals surface area contributed by atoms with Gasteiger partial charge in [-0.25, -0.2) is 13.9 Å². The first-order valence-corrected chi connectivity index (χ1v) is 11.7. The third-order valence-electron chi connectivity index (χ3n) is 6.66. The topological polar surface area (TPSA) is 115 Å². The Kier molecular flexibility index (Phi) is 5.96. The lowest BCUT2D eigenvalue weighted by Crippen LogP contribution is -2.35. The maximum absolute atomic E-state index is 14.0. The van der Waals surface area contributed by atoms with Gasteiger partial charge >= 0.3 is 5.97 Å². The summed E-state index contributed by atoms with van der Waals surface area (Å²) in [6.45, 7) is 2.29. The molecular weight excluding hydrogens is 453 g/mol. The number of alkyl halides is 1. The fourth-order valence-corrected chi connectivity index (χ4v) is 4.57. The van der Waals surface area contributed by atoms with E-state index in [0.717, 1.165) is 24.0 Å². The molecule has 0 saturated heterocycles. The molecule has 5 rings (SSSR count). The van der Waals surface area contributed by atoms with E-state index in [4.69, 9.17) is 4.74 Å². The van der Waals surface area contributed by atoms with Crippen LogP contribution in [0.3, 0.4) is 0 Å². The summed E-state index contributed by atoms with van der Waals surface area (Å²) in [5.74, 6) is -0.346. The zero-order chi connectivity index (χ0) is 24.6. The Morgan fingerprint density at radius 1 is 1.17 bits per heavy atom. The molecule has 10 heteroatoms. The van der Waals surface area contributed by atoms with Crippen LogP contribution in [0.15, 0.2) is 36.5 Å². The number of hydrogen-bond donors (Lipinski definition) is 2. The summed E-state index contributed by atoms with van der Waals surface area (Å²) in [7, 11) is 0. The molecule has 35 heavy (non-hydrogen) atoms. The molecule has 1 aromatic carbocycles. The molecule has 3 aromatic rings. The van der Waals surface area contributed by atoms with Gasteiger partial charge in [0.15, 0.2) is 5.65 Å². The molecule has 0 radical (unpaired) electrons. The number of fused-ring (bicyclic) bond motifs is 2. The highest BCUT2D eigenvalue weighted by Crippen LogP contribution is 2.34. The van der Waals surface area contributed by atoms with Crippen molar-refractivity contribution in [3.05, 3.63) is 59.0 Å². The number of carbonyl (C=O) groups is 3. The molecule has 0 spiro atoms. The zero-order valence-electron chi connectivity index (χ0n) is 19.3. The van der Waals surface area contributed by atoms with Crippen LogP contribution in [-0.4, -0.2) is 44.6 Å². The Labute approximate surface area is 201 Å². The quantitative estimate of drug-likeness (QED) is 0.415. The second-order valence-electron chi connectivity index (χ2n) is 9.47. The Balaban J connectivity index is 1.26. The van der Waals surface area contributed by atoms with Crippen LogP contribution in [0.4, 0.5) is 4.39 Å². The van der Waals surface area contributed by atoms with Crippen molar-refractivity contribution in [2.75, 3.05) is 6.54 Å². The second kappa shape index (κ2) is 9.09. The molecule has 1 fully saturated rings. The largest absolute Gasteiger partial charge is 0.426 e. The lowest BCUT2D eigenvalue weighted by Gasteiger charge is -2.31. The Morgan fingerprint density at radius 2 is 1.97 bits per heavy atom. The van der Waals surface area contributed by atoms with Crippen LogP contribution < -0.4 is 15.4 Å². The summed E-state index contributed by atoms with van der Waals surface area (Å²) in [4.78, 5) is 41.6. The molecule has 1 saturated carbocycles. The van der Waals surface area contributed by atoms with Crippen molar-refractivity contribution in [1.29, 1.82) is 0 Å². The molecule has 2 N–H and O–H groups in total. The summed E-state index contributed by atoms with van der Waals surface area (Å²) in [6.07, 6.45) is 4.14. The number of rotatable bonds is 6. The van der Waals surface area contributed by atoms with Crippen LogP contribution in [0.2, 0.25) is 0 Å². The number of ether oxygens (including phenoxy) is 1. The Bertz CT molecular complexity index is 1310. The number of aromatic nitrogens is 3. The van der Waals surface area contributed by atoms with Gasteiger partial charge in [0.2, 0.25) is 0 Å². The van der Waals surface area contributed by atoms with E-state index in [0.29, 0.717) is 30.8 Å². The smallest absolute Gasteiger partial charge is 0.315 e. The number of hydrogen-bond acceptors (Lipinski definition) is 6. The highest BCUT2D eigenvalue weighted by molar-refractivity contribution is 5.98. The number of amides is 2. The first kappa shape index (κ1) is 22.9. The molecule has 1 aliphatic heterocycles. The van der Waals surface area contributed by atoms with Gasteiger partial charge in [-0.1, -0.05) is 6.07 Å². The van der Waals surface area contributed by atoms with Crippen molar-refractivity contribution in [3.63, 3.8) is 0 Å². The van der Waals surface area contributed by atoms with Crippen molar-refractivity contribution >= 4 is 23.4 Å². The van der Waals surface area contributed by atoms with E-state index in [1.54, 1.807) is 25.1 Å². The standard InChI is InChI=1S/C25H26FN5O4/c1-25(26)7-4-15(5-8-25)13-28-24(34)19-12-18(30-21-6-9-29-31(19)21)23(33)27-14-16-2-3-20-17(10-16)11-22(32)35-20/h2-3,6,9-10,12,15H,4-5,7-8,11,13-14H2,1H3,(H,27,33)(H,28,34). The second-order valence-corrected chi connectivity index (χ2v) is 9.47. The van der Waals surface area contributed by atoms with Gasteiger partial charge in [0.1, 0.15) is 22.8 Å². The Morgan fingerprint density at radius 3 is 2.77 bits per heavy atom. The van der Waals surface area contributed by atoms with Gasteiger partial charge in [0, 0.05) is 30.8 Å². The molecule has 9 nitrogen and oxygen atoms in total. The molecule has 0 unspecified atom stereocenters. The summed E-state index contributed by atoms with van der Waals surface area (Å²) in [6, 6.07) is 8.35. The maximum Gasteiger partial charge on any atom is 0.315 e. The molecule has 3 heterocycles. The average molecular weight is 480 g/mol. The monoisotopic (exact) mass is 479 g/mol. The fraction of sp³-hybridized carbons (Fsp3) is 0.400. The highest BCUT2D eigenvalue weighted by atomic mass is 19.1. The van der Waals surface area contributed by atoms with Crippen LogP contribution in [0.5, 0.6) is 5.75 Å².